The van der Waals surface area contributed by atoms with Crippen molar-refractivity contribution in [2.24, 2.45) is 0 Å². The number of benzene rings is 2. The fourth-order valence-electron chi connectivity index (χ4n) is 5.90. The summed E-state index contributed by atoms with van der Waals surface area (Å²) in [6.45, 7) is 18.0. The van der Waals surface area contributed by atoms with Crippen LogP contribution in [0.1, 0.15) is 181 Å². The molecule has 0 saturated heterocycles. The van der Waals surface area contributed by atoms with E-state index in [4.69, 9.17) is 4.74 Å². The van der Waals surface area contributed by atoms with E-state index in [2.05, 4.69) is 66.7 Å². The van der Waals surface area contributed by atoms with Crippen LogP contribution in [0.25, 0.3) is 11.1 Å². The van der Waals surface area contributed by atoms with E-state index in [-0.39, 0.29) is 22.5 Å². The van der Waals surface area contributed by atoms with Crippen LogP contribution in [-0.2, 0) is 20.4 Å². The summed E-state index contributed by atoms with van der Waals surface area (Å²) in [5.41, 5.74) is 5.26. The van der Waals surface area contributed by atoms with E-state index in [0.29, 0.717) is 6.61 Å². The lowest BCUT2D eigenvalue weighted by molar-refractivity contribution is -0.145. The minimum Gasteiger partial charge on any atom is -0.508 e. The summed E-state index contributed by atoms with van der Waals surface area (Å²) in [5.74, 6) is -0.403. The monoisotopic (exact) mass is 607 g/mol. The second kappa shape index (κ2) is 19.3. The second-order valence-electron chi connectivity index (χ2n) is 15.3. The van der Waals surface area contributed by atoms with Crippen LogP contribution in [-0.4, -0.2) is 17.7 Å². The smallest absolute Gasteiger partial charge is 0.313 e. The highest BCUT2D eigenvalue weighted by molar-refractivity contribution is 5.83. The van der Waals surface area contributed by atoms with E-state index in [1.165, 1.54) is 101 Å². The molecule has 0 aliphatic rings. The summed E-state index contributed by atoms with van der Waals surface area (Å²) >= 11 is 0. The molecule has 1 N–H and O–H groups in total. The summed E-state index contributed by atoms with van der Waals surface area (Å²) in [4.78, 5) is 13.1. The molecule has 0 amide bonds. The summed E-state index contributed by atoms with van der Waals surface area (Å²) in [5, 5.41) is 10.4. The number of rotatable bonds is 20. The Bertz CT molecular complexity index is 1070. The van der Waals surface area contributed by atoms with Crippen molar-refractivity contribution in [1.29, 1.82) is 0 Å². The Hall–Kier alpha value is -2.29. The number of phenols is 1. The zero-order chi connectivity index (χ0) is 32.6. The Kier molecular flexibility index (Phi) is 16.6. The Balaban J connectivity index is 1.78. The zero-order valence-electron chi connectivity index (χ0n) is 29.8. The number of aromatic hydroxyl groups is 1. The summed E-state index contributed by atoms with van der Waals surface area (Å²) < 4.78 is 5.75. The van der Waals surface area contributed by atoms with Crippen molar-refractivity contribution >= 4 is 5.97 Å². The van der Waals surface area contributed by atoms with E-state index >= 15 is 0 Å². The molecule has 0 aliphatic heterocycles. The first kappa shape index (κ1) is 37.9. The first-order chi connectivity index (χ1) is 20.8. The maximum Gasteiger partial charge on any atom is 0.313 e. The normalized spacial score (nSPS) is 12.8. The lowest BCUT2D eigenvalue weighted by Crippen LogP contribution is -2.17. The fraction of sp³-hybridized carbons (Fsp3) is 0.683. The van der Waals surface area contributed by atoms with Crippen LogP contribution in [0.2, 0.25) is 0 Å². The zero-order valence-corrected chi connectivity index (χ0v) is 29.8. The molecule has 0 saturated carbocycles. The summed E-state index contributed by atoms with van der Waals surface area (Å²) in [6.07, 6.45) is 21.2. The number of esters is 1. The van der Waals surface area contributed by atoms with Gasteiger partial charge in [-0.3, -0.25) is 4.79 Å². The van der Waals surface area contributed by atoms with Crippen LogP contribution in [0.5, 0.6) is 5.75 Å². The first-order valence-electron chi connectivity index (χ1n) is 18.0. The molecule has 2 aromatic rings. The standard InChI is InChI=1S/C41H66O3/c1-9-10-11-12-13-14-15-16-17-18-19-20-21-22-23-24-27-44-39(43)32(2)37-26-25-36(42)31-38(37)33-28-34(40(3,4)5)30-35(29-33)41(6,7)8/h25-26,28-32,42H,9-24,27H2,1-8H3. The molecular weight excluding hydrogens is 540 g/mol. The molecule has 0 fully saturated rings. The molecule has 3 nitrogen and oxygen atoms in total. The van der Waals surface area contributed by atoms with Gasteiger partial charge in [-0.2, -0.15) is 0 Å². The molecule has 2 rings (SSSR count). The first-order valence-corrected chi connectivity index (χ1v) is 18.0. The number of carbonyl (C=O) groups is 1. The van der Waals surface area contributed by atoms with E-state index in [1.807, 2.05) is 13.0 Å². The molecular formula is C41H66O3. The van der Waals surface area contributed by atoms with Crippen LogP contribution in [0.4, 0.5) is 0 Å². The van der Waals surface area contributed by atoms with Gasteiger partial charge in [-0.1, -0.05) is 169 Å². The molecule has 2 aromatic carbocycles. The third-order valence-electron chi connectivity index (χ3n) is 9.08. The SMILES string of the molecule is CCCCCCCCCCCCCCCCCCOC(=O)C(C)c1ccc(O)cc1-c1cc(C(C)(C)C)cc(C(C)(C)C)c1. The quantitative estimate of drug-likeness (QED) is 0.120. The summed E-state index contributed by atoms with van der Waals surface area (Å²) in [7, 11) is 0. The minimum absolute atomic E-state index is 0.0233. The lowest BCUT2D eigenvalue weighted by Gasteiger charge is -2.27. The third kappa shape index (κ3) is 13.8. The van der Waals surface area contributed by atoms with Crippen LogP contribution in [0, 0.1) is 0 Å². The molecule has 3 heteroatoms. The van der Waals surface area contributed by atoms with Gasteiger partial charge in [-0.15, -0.1) is 0 Å². The highest BCUT2D eigenvalue weighted by Gasteiger charge is 2.25. The van der Waals surface area contributed by atoms with E-state index < -0.39 is 5.92 Å². The van der Waals surface area contributed by atoms with E-state index in [1.54, 1.807) is 12.1 Å². The molecule has 0 heterocycles. The van der Waals surface area contributed by atoms with Crippen molar-refractivity contribution < 1.29 is 14.6 Å². The highest BCUT2D eigenvalue weighted by Crippen LogP contribution is 2.38. The maximum absolute atomic E-state index is 13.1. The van der Waals surface area contributed by atoms with Gasteiger partial charge in [-0.05, 0) is 64.1 Å². The van der Waals surface area contributed by atoms with Crippen molar-refractivity contribution in [2.75, 3.05) is 6.61 Å². The van der Waals surface area contributed by atoms with Crippen molar-refractivity contribution in [2.45, 2.75) is 175 Å². The molecule has 1 unspecified atom stereocenters. The molecule has 0 radical (unpaired) electrons. The van der Waals surface area contributed by atoms with E-state index in [0.717, 1.165) is 29.5 Å². The molecule has 44 heavy (non-hydrogen) atoms. The maximum atomic E-state index is 13.1. The van der Waals surface area contributed by atoms with Gasteiger partial charge in [0.05, 0.1) is 12.5 Å². The molecule has 1 atom stereocenters. The Labute approximate surface area is 271 Å². The summed E-state index contributed by atoms with van der Waals surface area (Å²) in [6, 6.07) is 12.1. The van der Waals surface area contributed by atoms with Crippen LogP contribution in [0.15, 0.2) is 36.4 Å². The van der Waals surface area contributed by atoms with Crippen LogP contribution >= 0.6 is 0 Å². The average molecular weight is 607 g/mol. The van der Waals surface area contributed by atoms with Crippen LogP contribution < -0.4 is 0 Å². The number of ether oxygens (including phenoxy) is 1. The van der Waals surface area contributed by atoms with Crippen molar-refractivity contribution in [1.82, 2.24) is 0 Å². The average Bonchev–Trinajstić information content (AvgIpc) is 2.97. The van der Waals surface area contributed by atoms with Gasteiger partial charge in [0.15, 0.2) is 0 Å². The number of hydrogen-bond donors (Lipinski definition) is 1. The molecule has 0 aromatic heterocycles. The second-order valence-corrected chi connectivity index (χ2v) is 15.3. The molecule has 248 valence electrons. The van der Waals surface area contributed by atoms with Crippen molar-refractivity contribution in [3.05, 3.63) is 53.1 Å². The lowest BCUT2D eigenvalue weighted by atomic mass is 9.78. The van der Waals surface area contributed by atoms with Gasteiger partial charge in [0.2, 0.25) is 0 Å². The van der Waals surface area contributed by atoms with Gasteiger partial charge in [0.1, 0.15) is 5.75 Å². The predicted octanol–water partition coefficient (Wildman–Crippen LogP) is 12.6. The van der Waals surface area contributed by atoms with Gasteiger partial charge < -0.3 is 9.84 Å². The van der Waals surface area contributed by atoms with Gasteiger partial charge >= 0.3 is 5.97 Å². The van der Waals surface area contributed by atoms with Gasteiger partial charge in [0.25, 0.3) is 0 Å². The number of hydrogen-bond acceptors (Lipinski definition) is 3. The van der Waals surface area contributed by atoms with Crippen molar-refractivity contribution in [3.63, 3.8) is 0 Å². The largest absolute Gasteiger partial charge is 0.508 e. The number of phenolic OH excluding ortho intramolecular Hbond substituents is 1. The Morgan fingerprint density at radius 2 is 1.09 bits per heavy atom. The predicted molar refractivity (Wildman–Crippen MR) is 190 cm³/mol. The topological polar surface area (TPSA) is 46.5 Å². The fourth-order valence-corrected chi connectivity index (χ4v) is 5.90. The van der Waals surface area contributed by atoms with Crippen molar-refractivity contribution in [3.8, 4) is 16.9 Å². The number of carbonyl (C=O) groups excluding carboxylic acids is 1. The molecule has 0 spiro atoms. The third-order valence-corrected chi connectivity index (χ3v) is 9.08. The highest BCUT2D eigenvalue weighted by atomic mass is 16.5. The molecule has 0 aliphatic carbocycles. The Morgan fingerprint density at radius 3 is 1.52 bits per heavy atom. The van der Waals surface area contributed by atoms with Crippen LogP contribution in [0.3, 0.4) is 0 Å². The molecule has 0 bridgehead atoms. The Morgan fingerprint density at radius 1 is 0.659 bits per heavy atom. The number of unbranched alkanes of at least 4 members (excludes halogenated alkanes) is 15. The van der Waals surface area contributed by atoms with Gasteiger partial charge in [0, 0.05) is 0 Å². The van der Waals surface area contributed by atoms with E-state index in [9.17, 15) is 9.90 Å². The minimum atomic E-state index is -0.414. The van der Waals surface area contributed by atoms with Gasteiger partial charge in [-0.25, -0.2) is 0 Å².